The van der Waals surface area contributed by atoms with Gasteiger partial charge < -0.3 is 15.4 Å². The second kappa shape index (κ2) is 6.84. The third-order valence-corrected chi connectivity index (χ3v) is 2.90. The number of ether oxygens (including phenoxy) is 1. The van der Waals surface area contributed by atoms with Crippen molar-refractivity contribution in [1.29, 1.82) is 0 Å². The SMILES string of the molecule is O=C(NCc1cccnc1)C(=O)NC[C@H]1CCCO1. The first-order valence-corrected chi connectivity index (χ1v) is 6.32. The molecule has 1 aromatic rings. The van der Waals surface area contributed by atoms with E-state index in [-0.39, 0.29) is 6.10 Å². The van der Waals surface area contributed by atoms with Crippen LogP contribution in [-0.4, -0.2) is 36.1 Å². The second-order valence-corrected chi connectivity index (χ2v) is 4.39. The Bertz CT molecular complexity index is 430. The van der Waals surface area contributed by atoms with E-state index in [1.54, 1.807) is 18.5 Å². The topological polar surface area (TPSA) is 80.3 Å². The Hall–Kier alpha value is -1.95. The summed E-state index contributed by atoms with van der Waals surface area (Å²) < 4.78 is 5.36. The lowest BCUT2D eigenvalue weighted by Crippen LogP contribution is -2.42. The normalized spacial score (nSPS) is 18.0. The molecule has 0 aromatic carbocycles. The van der Waals surface area contributed by atoms with Crippen LogP contribution in [0.5, 0.6) is 0 Å². The van der Waals surface area contributed by atoms with E-state index < -0.39 is 11.8 Å². The van der Waals surface area contributed by atoms with Crippen molar-refractivity contribution in [2.24, 2.45) is 0 Å². The van der Waals surface area contributed by atoms with Gasteiger partial charge in [0.25, 0.3) is 0 Å². The van der Waals surface area contributed by atoms with Gasteiger partial charge in [-0.1, -0.05) is 6.07 Å². The number of hydrogen-bond donors (Lipinski definition) is 2. The molecule has 102 valence electrons. The molecule has 1 fully saturated rings. The number of pyridine rings is 1. The predicted molar refractivity (Wildman–Crippen MR) is 68.1 cm³/mol. The molecule has 1 aromatic heterocycles. The summed E-state index contributed by atoms with van der Waals surface area (Å²) in [6, 6.07) is 3.61. The lowest BCUT2D eigenvalue weighted by molar-refractivity contribution is -0.139. The molecule has 1 atom stereocenters. The van der Waals surface area contributed by atoms with E-state index in [4.69, 9.17) is 4.74 Å². The van der Waals surface area contributed by atoms with Gasteiger partial charge in [0.05, 0.1) is 6.10 Å². The van der Waals surface area contributed by atoms with Crippen molar-refractivity contribution in [1.82, 2.24) is 15.6 Å². The Morgan fingerprint density at radius 1 is 1.37 bits per heavy atom. The maximum atomic E-state index is 11.5. The van der Waals surface area contributed by atoms with Crippen molar-refractivity contribution in [2.45, 2.75) is 25.5 Å². The molecule has 2 rings (SSSR count). The van der Waals surface area contributed by atoms with Crippen LogP contribution < -0.4 is 10.6 Å². The van der Waals surface area contributed by atoms with E-state index in [1.165, 1.54) is 0 Å². The highest BCUT2D eigenvalue weighted by molar-refractivity contribution is 6.35. The van der Waals surface area contributed by atoms with Gasteiger partial charge in [-0.25, -0.2) is 0 Å². The first-order valence-electron chi connectivity index (χ1n) is 6.32. The Labute approximate surface area is 111 Å². The molecule has 0 bridgehead atoms. The highest BCUT2D eigenvalue weighted by Crippen LogP contribution is 2.10. The average Bonchev–Trinajstić information content (AvgIpc) is 2.96. The summed E-state index contributed by atoms with van der Waals surface area (Å²) in [5.41, 5.74) is 0.850. The number of nitrogens with one attached hydrogen (secondary N) is 2. The van der Waals surface area contributed by atoms with Crippen molar-refractivity contribution >= 4 is 11.8 Å². The van der Waals surface area contributed by atoms with Gasteiger partial charge in [-0.3, -0.25) is 14.6 Å². The Balaban J connectivity index is 1.68. The van der Waals surface area contributed by atoms with Crippen LogP contribution in [0.4, 0.5) is 0 Å². The smallest absolute Gasteiger partial charge is 0.309 e. The van der Waals surface area contributed by atoms with E-state index in [0.29, 0.717) is 13.1 Å². The van der Waals surface area contributed by atoms with Gasteiger partial charge in [-0.2, -0.15) is 0 Å². The summed E-state index contributed by atoms with van der Waals surface area (Å²) in [7, 11) is 0. The number of carbonyl (C=O) groups excluding carboxylic acids is 2. The minimum Gasteiger partial charge on any atom is -0.376 e. The highest BCUT2D eigenvalue weighted by atomic mass is 16.5. The molecule has 1 aliphatic rings. The maximum Gasteiger partial charge on any atom is 0.309 e. The quantitative estimate of drug-likeness (QED) is 0.749. The summed E-state index contributed by atoms with van der Waals surface area (Å²) in [6.07, 6.45) is 5.27. The number of nitrogens with zero attached hydrogens (tertiary/aromatic N) is 1. The predicted octanol–water partition coefficient (Wildman–Crippen LogP) is -0.00700. The summed E-state index contributed by atoms with van der Waals surface area (Å²) >= 11 is 0. The van der Waals surface area contributed by atoms with Crippen LogP contribution in [0.15, 0.2) is 24.5 Å². The van der Waals surface area contributed by atoms with E-state index >= 15 is 0 Å². The zero-order valence-electron chi connectivity index (χ0n) is 10.6. The molecule has 19 heavy (non-hydrogen) atoms. The van der Waals surface area contributed by atoms with Crippen molar-refractivity contribution in [3.05, 3.63) is 30.1 Å². The van der Waals surface area contributed by atoms with Crippen LogP contribution in [0.25, 0.3) is 0 Å². The first kappa shape index (κ1) is 13.5. The van der Waals surface area contributed by atoms with Gasteiger partial charge in [0.1, 0.15) is 0 Å². The van der Waals surface area contributed by atoms with E-state index in [0.717, 1.165) is 25.0 Å². The number of aromatic nitrogens is 1. The fourth-order valence-electron chi connectivity index (χ4n) is 1.86. The van der Waals surface area contributed by atoms with Crippen LogP contribution in [-0.2, 0) is 20.9 Å². The molecule has 1 aliphatic heterocycles. The molecule has 0 unspecified atom stereocenters. The molecule has 1 saturated heterocycles. The van der Waals surface area contributed by atoms with E-state index in [1.807, 2.05) is 6.07 Å². The summed E-state index contributed by atoms with van der Waals surface area (Å²) in [5.74, 6) is -1.26. The minimum absolute atomic E-state index is 0.0371. The molecular weight excluding hydrogens is 246 g/mol. The minimum atomic E-state index is -0.637. The zero-order valence-corrected chi connectivity index (χ0v) is 10.6. The van der Waals surface area contributed by atoms with Crippen molar-refractivity contribution < 1.29 is 14.3 Å². The van der Waals surface area contributed by atoms with Gasteiger partial charge in [0, 0.05) is 32.1 Å². The summed E-state index contributed by atoms with van der Waals surface area (Å²) in [5, 5.41) is 5.11. The van der Waals surface area contributed by atoms with Gasteiger partial charge in [0.2, 0.25) is 0 Å². The van der Waals surface area contributed by atoms with E-state index in [2.05, 4.69) is 15.6 Å². The van der Waals surface area contributed by atoms with Crippen molar-refractivity contribution in [3.8, 4) is 0 Å². The number of carbonyl (C=O) groups is 2. The molecule has 6 nitrogen and oxygen atoms in total. The third kappa shape index (κ3) is 4.33. The van der Waals surface area contributed by atoms with Crippen LogP contribution in [0, 0.1) is 0 Å². The monoisotopic (exact) mass is 263 g/mol. The molecule has 0 saturated carbocycles. The van der Waals surface area contributed by atoms with Crippen LogP contribution >= 0.6 is 0 Å². The molecule has 0 radical (unpaired) electrons. The zero-order chi connectivity index (χ0) is 13.5. The largest absolute Gasteiger partial charge is 0.376 e. The van der Waals surface area contributed by atoms with Crippen molar-refractivity contribution in [3.63, 3.8) is 0 Å². The molecule has 2 N–H and O–H groups in total. The lowest BCUT2D eigenvalue weighted by Gasteiger charge is -2.10. The number of amides is 2. The van der Waals surface area contributed by atoms with E-state index in [9.17, 15) is 9.59 Å². The van der Waals surface area contributed by atoms with Crippen LogP contribution in [0.1, 0.15) is 18.4 Å². The summed E-state index contributed by atoms with van der Waals surface area (Å²) in [6.45, 7) is 1.41. The van der Waals surface area contributed by atoms with Gasteiger partial charge >= 0.3 is 11.8 Å². The Morgan fingerprint density at radius 2 is 2.21 bits per heavy atom. The summed E-state index contributed by atoms with van der Waals surface area (Å²) in [4.78, 5) is 27.0. The maximum absolute atomic E-state index is 11.5. The molecule has 6 heteroatoms. The third-order valence-electron chi connectivity index (χ3n) is 2.90. The van der Waals surface area contributed by atoms with Crippen molar-refractivity contribution in [2.75, 3.05) is 13.2 Å². The standard InChI is InChI=1S/C13H17N3O3/c17-12(15-8-10-3-1-5-14-7-10)13(18)16-9-11-4-2-6-19-11/h1,3,5,7,11H,2,4,6,8-9H2,(H,15,17)(H,16,18)/t11-/m1/s1. The molecule has 0 aliphatic carbocycles. The van der Waals surface area contributed by atoms with Crippen LogP contribution in [0.3, 0.4) is 0 Å². The lowest BCUT2D eigenvalue weighted by atomic mass is 10.2. The first-order chi connectivity index (χ1) is 9.25. The number of rotatable bonds is 4. The molecular formula is C13H17N3O3. The molecule has 2 heterocycles. The van der Waals surface area contributed by atoms with Gasteiger partial charge in [-0.05, 0) is 24.5 Å². The molecule has 2 amide bonds. The Morgan fingerprint density at radius 3 is 2.89 bits per heavy atom. The number of hydrogen-bond acceptors (Lipinski definition) is 4. The molecule has 0 spiro atoms. The van der Waals surface area contributed by atoms with Gasteiger partial charge in [-0.15, -0.1) is 0 Å². The highest BCUT2D eigenvalue weighted by Gasteiger charge is 2.18. The second-order valence-electron chi connectivity index (χ2n) is 4.39. The van der Waals surface area contributed by atoms with Gasteiger partial charge in [0.15, 0.2) is 0 Å². The Kier molecular flexibility index (Phi) is 4.85. The van der Waals surface area contributed by atoms with Crippen LogP contribution in [0.2, 0.25) is 0 Å². The fraction of sp³-hybridized carbons (Fsp3) is 0.462. The fourth-order valence-corrected chi connectivity index (χ4v) is 1.86. The average molecular weight is 263 g/mol.